The maximum Gasteiger partial charge on any atom is 0.262 e. The zero-order chi connectivity index (χ0) is 22.8. The monoisotopic (exact) mass is 437 g/mol. The second-order valence-electron chi connectivity index (χ2n) is 7.93. The van der Waals surface area contributed by atoms with Crippen LogP contribution in [0.2, 0.25) is 0 Å². The van der Waals surface area contributed by atoms with Crippen LogP contribution in [0, 0.1) is 20.8 Å². The van der Waals surface area contributed by atoms with Crippen molar-refractivity contribution in [1.29, 1.82) is 0 Å². The van der Waals surface area contributed by atoms with Crippen LogP contribution in [-0.2, 0) is 16.6 Å². The van der Waals surface area contributed by atoms with E-state index in [1.54, 1.807) is 34.8 Å². The first-order valence-electron chi connectivity index (χ1n) is 10.6. The molecule has 4 rings (SSSR count). The lowest BCUT2D eigenvalue weighted by molar-refractivity contribution is -0.118. The van der Waals surface area contributed by atoms with Crippen LogP contribution < -0.4 is 10.1 Å². The number of rotatable bonds is 5. The van der Waals surface area contributed by atoms with Gasteiger partial charge in [-0.05, 0) is 50.1 Å². The number of fused-ring (bicyclic) bond motifs is 1. The zero-order valence-corrected chi connectivity index (χ0v) is 18.8. The number of pyridine rings is 1. The number of nitrogens with one attached hydrogen (secondary N) is 1. The van der Waals surface area contributed by atoms with E-state index in [-0.39, 0.29) is 18.4 Å². The number of aryl methyl sites for hydroxylation is 3. The van der Waals surface area contributed by atoms with E-state index in [4.69, 9.17) is 9.47 Å². The predicted octanol–water partition coefficient (Wildman–Crippen LogP) is 2.38. The minimum atomic E-state index is -0.333. The van der Waals surface area contributed by atoms with E-state index in [9.17, 15) is 9.59 Å². The summed E-state index contributed by atoms with van der Waals surface area (Å²) in [7, 11) is 1.79. The van der Waals surface area contributed by atoms with E-state index in [0.29, 0.717) is 49.1 Å². The molecular weight excluding hydrogens is 410 g/mol. The lowest BCUT2D eigenvalue weighted by Gasteiger charge is -2.27. The standard InChI is InChI=1S/C23H27N5O4/c1-14-12-15(2)24-21-20(14)22(26-27(21)4)32-13-19(29)25-18-7-5-6-17(16(18)3)23(30)28-8-10-31-11-9-28/h5-7,12H,8-11,13H2,1-4H3,(H,25,29). The smallest absolute Gasteiger partial charge is 0.262 e. The third kappa shape index (κ3) is 4.29. The van der Waals surface area contributed by atoms with Gasteiger partial charge in [-0.2, -0.15) is 0 Å². The Morgan fingerprint density at radius 1 is 1.19 bits per heavy atom. The minimum absolute atomic E-state index is 0.0589. The molecule has 9 heteroatoms. The number of hydrogen-bond donors (Lipinski definition) is 1. The number of anilines is 1. The van der Waals surface area contributed by atoms with Crippen molar-refractivity contribution >= 4 is 28.5 Å². The van der Waals surface area contributed by atoms with Gasteiger partial charge in [-0.1, -0.05) is 6.07 Å². The maximum absolute atomic E-state index is 12.9. The highest BCUT2D eigenvalue weighted by Crippen LogP contribution is 2.27. The summed E-state index contributed by atoms with van der Waals surface area (Å²) >= 11 is 0. The normalized spacial score (nSPS) is 13.9. The molecule has 1 aromatic carbocycles. The molecule has 168 valence electrons. The molecule has 1 fully saturated rings. The minimum Gasteiger partial charge on any atom is -0.466 e. The fourth-order valence-electron chi connectivity index (χ4n) is 3.91. The highest BCUT2D eigenvalue weighted by atomic mass is 16.5. The van der Waals surface area contributed by atoms with Gasteiger partial charge in [0, 0.05) is 37.1 Å². The summed E-state index contributed by atoms with van der Waals surface area (Å²) in [6.45, 7) is 7.71. The average molecular weight is 438 g/mol. The van der Waals surface area contributed by atoms with Crippen LogP contribution in [0.15, 0.2) is 24.3 Å². The van der Waals surface area contributed by atoms with Crippen LogP contribution in [0.25, 0.3) is 11.0 Å². The zero-order valence-electron chi connectivity index (χ0n) is 18.8. The first-order valence-corrected chi connectivity index (χ1v) is 10.6. The van der Waals surface area contributed by atoms with E-state index in [1.807, 2.05) is 26.8 Å². The van der Waals surface area contributed by atoms with Crippen LogP contribution in [0.4, 0.5) is 5.69 Å². The lowest BCUT2D eigenvalue weighted by atomic mass is 10.0. The van der Waals surface area contributed by atoms with Crippen molar-refractivity contribution in [2.24, 2.45) is 7.05 Å². The SMILES string of the molecule is Cc1cc(C)c2c(OCC(=O)Nc3cccc(C(=O)N4CCOCC4)c3C)nn(C)c2n1. The Hall–Kier alpha value is -3.46. The van der Waals surface area contributed by atoms with Gasteiger partial charge in [0.25, 0.3) is 11.8 Å². The number of hydrogen-bond acceptors (Lipinski definition) is 6. The van der Waals surface area contributed by atoms with Gasteiger partial charge in [-0.15, -0.1) is 5.10 Å². The summed E-state index contributed by atoms with van der Waals surface area (Å²) in [6.07, 6.45) is 0. The second kappa shape index (κ2) is 8.96. The number of carbonyl (C=O) groups excluding carboxylic acids is 2. The number of benzene rings is 1. The van der Waals surface area contributed by atoms with Gasteiger partial charge >= 0.3 is 0 Å². The molecule has 1 N–H and O–H groups in total. The van der Waals surface area contributed by atoms with Crippen molar-refractivity contribution < 1.29 is 19.1 Å². The van der Waals surface area contributed by atoms with Crippen LogP contribution >= 0.6 is 0 Å². The molecule has 2 amide bonds. The molecule has 0 bridgehead atoms. The molecular formula is C23H27N5O4. The average Bonchev–Trinajstić information content (AvgIpc) is 3.09. The molecule has 0 unspecified atom stereocenters. The molecule has 2 aromatic heterocycles. The summed E-state index contributed by atoms with van der Waals surface area (Å²) < 4.78 is 12.7. The summed E-state index contributed by atoms with van der Waals surface area (Å²) in [5.74, 6) is -0.0208. The highest BCUT2D eigenvalue weighted by molar-refractivity contribution is 5.99. The molecule has 0 spiro atoms. The van der Waals surface area contributed by atoms with Gasteiger partial charge in [0.1, 0.15) is 0 Å². The third-order valence-electron chi connectivity index (χ3n) is 5.56. The molecule has 9 nitrogen and oxygen atoms in total. The molecule has 1 saturated heterocycles. The maximum atomic E-state index is 12.9. The van der Waals surface area contributed by atoms with Crippen molar-refractivity contribution in [2.75, 3.05) is 38.2 Å². The molecule has 1 aliphatic rings. The second-order valence-corrected chi connectivity index (χ2v) is 7.93. The number of ether oxygens (including phenoxy) is 2. The first kappa shape index (κ1) is 21.8. The van der Waals surface area contributed by atoms with E-state index >= 15 is 0 Å². The molecule has 0 radical (unpaired) electrons. The van der Waals surface area contributed by atoms with Gasteiger partial charge in [-0.25, -0.2) is 9.67 Å². The topological polar surface area (TPSA) is 98.6 Å². The first-order chi connectivity index (χ1) is 15.3. The number of carbonyl (C=O) groups is 2. The number of nitrogens with zero attached hydrogens (tertiary/aromatic N) is 4. The molecule has 0 saturated carbocycles. The van der Waals surface area contributed by atoms with Crippen LogP contribution in [0.3, 0.4) is 0 Å². The Balaban J connectivity index is 1.46. The fraction of sp³-hybridized carbons (Fsp3) is 0.391. The van der Waals surface area contributed by atoms with Crippen molar-refractivity contribution in [3.63, 3.8) is 0 Å². The van der Waals surface area contributed by atoms with Gasteiger partial charge in [0.05, 0.1) is 18.6 Å². The Morgan fingerprint density at radius 2 is 1.94 bits per heavy atom. The third-order valence-corrected chi connectivity index (χ3v) is 5.56. The van der Waals surface area contributed by atoms with Crippen molar-refractivity contribution in [3.05, 3.63) is 46.6 Å². The number of morpholine rings is 1. The van der Waals surface area contributed by atoms with E-state index in [2.05, 4.69) is 15.4 Å². The van der Waals surface area contributed by atoms with E-state index in [0.717, 1.165) is 22.2 Å². The predicted molar refractivity (Wildman–Crippen MR) is 120 cm³/mol. The summed E-state index contributed by atoms with van der Waals surface area (Å²) in [6, 6.07) is 7.27. The Bertz CT molecular complexity index is 1180. The van der Waals surface area contributed by atoms with Crippen molar-refractivity contribution in [3.8, 4) is 5.88 Å². The van der Waals surface area contributed by atoms with Crippen LogP contribution in [0.1, 0.15) is 27.2 Å². The molecule has 3 heterocycles. The summed E-state index contributed by atoms with van der Waals surface area (Å²) in [4.78, 5) is 31.7. The molecule has 0 aliphatic carbocycles. The molecule has 0 atom stereocenters. The van der Waals surface area contributed by atoms with Crippen LogP contribution in [0.5, 0.6) is 5.88 Å². The molecule has 1 aliphatic heterocycles. The quantitative estimate of drug-likeness (QED) is 0.658. The number of amides is 2. The van der Waals surface area contributed by atoms with Gasteiger partial charge in [-0.3, -0.25) is 9.59 Å². The fourth-order valence-corrected chi connectivity index (χ4v) is 3.91. The largest absolute Gasteiger partial charge is 0.466 e. The lowest BCUT2D eigenvalue weighted by Crippen LogP contribution is -2.41. The summed E-state index contributed by atoms with van der Waals surface area (Å²) in [5, 5.41) is 8.01. The van der Waals surface area contributed by atoms with E-state index in [1.165, 1.54) is 0 Å². The molecule has 3 aromatic rings. The molecule has 32 heavy (non-hydrogen) atoms. The number of aromatic nitrogens is 3. The van der Waals surface area contributed by atoms with Gasteiger partial charge in [0.2, 0.25) is 5.88 Å². The van der Waals surface area contributed by atoms with Gasteiger partial charge < -0.3 is 19.7 Å². The van der Waals surface area contributed by atoms with Gasteiger partial charge in [0.15, 0.2) is 12.3 Å². The Morgan fingerprint density at radius 3 is 2.69 bits per heavy atom. The highest BCUT2D eigenvalue weighted by Gasteiger charge is 2.22. The Kier molecular flexibility index (Phi) is 6.09. The van der Waals surface area contributed by atoms with Crippen LogP contribution in [-0.4, -0.2) is 64.4 Å². The van der Waals surface area contributed by atoms with Crippen molar-refractivity contribution in [1.82, 2.24) is 19.7 Å². The Labute approximate surface area is 186 Å². The van der Waals surface area contributed by atoms with E-state index < -0.39 is 0 Å². The summed E-state index contributed by atoms with van der Waals surface area (Å²) in [5.41, 5.74) is 4.46. The van der Waals surface area contributed by atoms with Crippen molar-refractivity contribution in [2.45, 2.75) is 20.8 Å².